The van der Waals surface area contributed by atoms with Gasteiger partial charge in [-0.3, -0.25) is 0 Å². The Kier molecular flexibility index (Phi) is 4.88. The topological polar surface area (TPSA) is 101 Å². The van der Waals surface area contributed by atoms with Crippen molar-refractivity contribution >= 4 is 0 Å². The number of para-hydroxylation sites is 1. The van der Waals surface area contributed by atoms with E-state index in [4.69, 9.17) is 25.5 Å². The molecule has 0 heterocycles. The third-order valence-electron chi connectivity index (χ3n) is 2.44. The smallest absolute Gasteiger partial charge is 0.200 e. The summed E-state index contributed by atoms with van der Waals surface area (Å²) in [6, 6.07) is 8.85. The Hall–Kier alpha value is -2.56. The van der Waals surface area contributed by atoms with Crippen LogP contribution in [0.5, 0.6) is 28.7 Å². The Morgan fingerprint density at radius 1 is 0.737 bits per heavy atom. The van der Waals surface area contributed by atoms with Crippen LogP contribution in [-0.2, 0) is 6.42 Å². The summed E-state index contributed by atoms with van der Waals surface area (Å²) in [5, 5.41) is 44.0. The first kappa shape index (κ1) is 14.5. The maximum Gasteiger partial charge on any atom is 0.200 e. The van der Waals surface area contributed by atoms with Crippen LogP contribution in [0.1, 0.15) is 12.5 Å². The van der Waals surface area contributed by atoms with Gasteiger partial charge < -0.3 is 25.5 Å². The Labute approximate surface area is 110 Å². The standard InChI is InChI=1S/C8H10O2.C6H6O3/c1-2-6-3-4-7(9)8(10)5-6;7-4-2-1-3-5(8)6(4)9/h3-5,9-10H,2H2,1H3;1-3,7-9H. The minimum Gasteiger partial charge on any atom is -0.504 e. The molecule has 0 saturated carbocycles. The molecule has 5 N–H and O–H groups in total. The maximum atomic E-state index is 8.98. The Bertz CT molecular complexity index is 531. The van der Waals surface area contributed by atoms with Crippen molar-refractivity contribution in [2.75, 3.05) is 0 Å². The second-order valence-corrected chi connectivity index (χ2v) is 3.82. The number of phenols is 5. The highest BCUT2D eigenvalue weighted by molar-refractivity contribution is 5.47. The maximum absolute atomic E-state index is 8.98. The first-order valence-electron chi connectivity index (χ1n) is 5.66. The molecule has 0 aliphatic heterocycles. The van der Waals surface area contributed by atoms with Crippen molar-refractivity contribution in [3.63, 3.8) is 0 Å². The third-order valence-corrected chi connectivity index (χ3v) is 2.44. The lowest BCUT2D eigenvalue weighted by Gasteiger charge is -1.98. The van der Waals surface area contributed by atoms with Crippen LogP contribution in [0.2, 0.25) is 0 Å². The molecular weight excluding hydrogens is 248 g/mol. The van der Waals surface area contributed by atoms with E-state index >= 15 is 0 Å². The molecule has 0 unspecified atom stereocenters. The molecule has 0 atom stereocenters. The predicted molar refractivity (Wildman–Crippen MR) is 70.6 cm³/mol. The molecule has 0 aliphatic carbocycles. The number of aryl methyl sites for hydroxylation is 1. The van der Waals surface area contributed by atoms with Crippen LogP contribution >= 0.6 is 0 Å². The summed E-state index contributed by atoms with van der Waals surface area (Å²) in [6.07, 6.45) is 0.869. The normalized spacial score (nSPS) is 9.53. The van der Waals surface area contributed by atoms with Crippen molar-refractivity contribution in [3.05, 3.63) is 42.0 Å². The van der Waals surface area contributed by atoms with Gasteiger partial charge in [-0.1, -0.05) is 19.1 Å². The van der Waals surface area contributed by atoms with E-state index in [0.717, 1.165) is 12.0 Å². The van der Waals surface area contributed by atoms with Gasteiger partial charge in [0, 0.05) is 0 Å². The lowest BCUT2D eigenvalue weighted by molar-refractivity contribution is 0.368. The molecule has 0 fully saturated rings. The van der Waals surface area contributed by atoms with E-state index in [1.54, 1.807) is 12.1 Å². The molecule has 2 aromatic carbocycles. The highest BCUT2D eigenvalue weighted by atomic mass is 16.3. The van der Waals surface area contributed by atoms with Crippen LogP contribution in [0.15, 0.2) is 36.4 Å². The molecule has 0 aliphatic rings. The summed E-state index contributed by atoms with van der Waals surface area (Å²) < 4.78 is 0. The Balaban J connectivity index is 0.000000191. The van der Waals surface area contributed by atoms with Crippen molar-refractivity contribution < 1.29 is 25.5 Å². The van der Waals surface area contributed by atoms with E-state index in [9.17, 15) is 0 Å². The summed E-state index contributed by atoms with van der Waals surface area (Å²) in [4.78, 5) is 0. The average molecular weight is 264 g/mol. The van der Waals surface area contributed by atoms with E-state index < -0.39 is 5.75 Å². The number of benzene rings is 2. The van der Waals surface area contributed by atoms with E-state index in [2.05, 4.69) is 0 Å². The third kappa shape index (κ3) is 3.99. The molecule has 5 heteroatoms. The zero-order valence-electron chi connectivity index (χ0n) is 10.4. The Morgan fingerprint density at radius 2 is 1.32 bits per heavy atom. The van der Waals surface area contributed by atoms with E-state index in [1.807, 2.05) is 6.92 Å². The van der Waals surface area contributed by atoms with Gasteiger partial charge >= 0.3 is 0 Å². The summed E-state index contributed by atoms with van der Waals surface area (Å²) in [5.41, 5.74) is 1.02. The van der Waals surface area contributed by atoms with Crippen LogP contribution in [0.4, 0.5) is 0 Å². The number of hydrogen-bond donors (Lipinski definition) is 5. The number of phenolic OH excluding ortho intramolecular Hbond substituents is 5. The quantitative estimate of drug-likeness (QED) is 0.509. The molecule has 2 rings (SSSR count). The van der Waals surface area contributed by atoms with Crippen LogP contribution in [0, 0.1) is 0 Å². The van der Waals surface area contributed by atoms with Gasteiger partial charge in [0.1, 0.15) is 0 Å². The van der Waals surface area contributed by atoms with Gasteiger partial charge in [-0.2, -0.15) is 0 Å². The van der Waals surface area contributed by atoms with Crippen molar-refractivity contribution in [1.29, 1.82) is 0 Å². The number of rotatable bonds is 1. The number of hydrogen-bond acceptors (Lipinski definition) is 5. The lowest BCUT2D eigenvalue weighted by atomic mass is 10.1. The van der Waals surface area contributed by atoms with E-state index in [-0.39, 0.29) is 23.0 Å². The van der Waals surface area contributed by atoms with Gasteiger partial charge in [0.25, 0.3) is 0 Å². The SMILES string of the molecule is CCc1ccc(O)c(O)c1.Oc1cccc(O)c1O. The summed E-state index contributed by atoms with van der Waals surface area (Å²) in [7, 11) is 0. The minimum atomic E-state index is -0.475. The minimum absolute atomic E-state index is 0.0423. The van der Waals surface area contributed by atoms with Gasteiger partial charge in [0.2, 0.25) is 0 Å². The fraction of sp³-hybridized carbons (Fsp3) is 0.143. The summed E-state index contributed by atoms with van der Waals surface area (Å²) >= 11 is 0. The molecule has 2 aromatic rings. The highest BCUT2D eigenvalue weighted by Gasteiger charge is 2.01. The van der Waals surface area contributed by atoms with Gasteiger partial charge in [0.05, 0.1) is 0 Å². The zero-order valence-corrected chi connectivity index (χ0v) is 10.4. The summed E-state index contributed by atoms with van der Waals surface area (Å²) in [6.45, 7) is 1.99. The summed E-state index contributed by atoms with van der Waals surface area (Å²) in [5.74, 6) is -1.20. The zero-order chi connectivity index (χ0) is 14.4. The lowest BCUT2D eigenvalue weighted by Crippen LogP contribution is -1.77. The second kappa shape index (κ2) is 6.39. The fourth-order valence-electron chi connectivity index (χ4n) is 1.31. The molecule has 102 valence electrons. The highest BCUT2D eigenvalue weighted by Crippen LogP contribution is 2.32. The van der Waals surface area contributed by atoms with Crippen molar-refractivity contribution in [2.45, 2.75) is 13.3 Å². The molecular formula is C14H16O5. The van der Waals surface area contributed by atoms with Crippen molar-refractivity contribution in [1.82, 2.24) is 0 Å². The molecule has 0 saturated heterocycles. The van der Waals surface area contributed by atoms with Gasteiger partial charge in [-0.05, 0) is 36.2 Å². The predicted octanol–water partition coefficient (Wildman–Crippen LogP) is 2.46. The molecule has 5 nitrogen and oxygen atoms in total. The fourth-order valence-corrected chi connectivity index (χ4v) is 1.31. The van der Waals surface area contributed by atoms with E-state index in [1.165, 1.54) is 24.3 Å². The van der Waals surface area contributed by atoms with Crippen molar-refractivity contribution in [3.8, 4) is 28.7 Å². The van der Waals surface area contributed by atoms with Crippen LogP contribution in [0.25, 0.3) is 0 Å². The second-order valence-electron chi connectivity index (χ2n) is 3.82. The van der Waals surface area contributed by atoms with Gasteiger partial charge in [0.15, 0.2) is 28.7 Å². The largest absolute Gasteiger partial charge is 0.504 e. The number of aromatic hydroxyl groups is 5. The first-order valence-corrected chi connectivity index (χ1v) is 5.66. The molecule has 0 amide bonds. The van der Waals surface area contributed by atoms with Gasteiger partial charge in [-0.25, -0.2) is 0 Å². The van der Waals surface area contributed by atoms with Crippen LogP contribution in [-0.4, -0.2) is 25.5 Å². The first-order chi connectivity index (χ1) is 8.95. The Morgan fingerprint density at radius 3 is 1.74 bits per heavy atom. The van der Waals surface area contributed by atoms with E-state index in [0.29, 0.717) is 0 Å². The van der Waals surface area contributed by atoms with Gasteiger partial charge in [-0.15, -0.1) is 0 Å². The van der Waals surface area contributed by atoms with Crippen LogP contribution < -0.4 is 0 Å². The molecule has 0 bridgehead atoms. The molecule has 0 radical (unpaired) electrons. The molecule has 19 heavy (non-hydrogen) atoms. The van der Waals surface area contributed by atoms with Crippen molar-refractivity contribution in [2.24, 2.45) is 0 Å². The average Bonchev–Trinajstić information content (AvgIpc) is 2.40. The molecule has 0 spiro atoms. The van der Waals surface area contributed by atoms with Crippen LogP contribution in [0.3, 0.4) is 0 Å². The monoisotopic (exact) mass is 264 g/mol. The molecule has 0 aromatic heterocycles.